The molecule has 100 valence electrons. The van der Waals surface area contributed by atoms with Crippen molar-refractivity contribution in [3.05, 3.63) is 22.4 Å². The number of aryl methyl sites for hydroxylation is 1. The third kappa shape index (κ3) is 3.82. The van der Waals surface area contributed by atoms with Crippen LogP contribution in [0.1, 0.15) is 31.1 Å². The topological polar surface area (TPSA) is 32.3 Å². The van der Waals surface area contributed by atoms with Crippen LogP contribution in [0.2, 0.25) is 0 Å². The van der Waals surface area contributed by atoms with Crippen LogP contribution in [0.5, 0.6) is 0 Å². The van der Waals surface area contributed by atoms with E-state index in [2.05, 4.69) is 28.6 Å². The van der Waals surface area contributed by atoms with Crippen molar-refractivity contribution in [3.63, 3.8) is 0 Å². The highest BCUT2D eigenvalue weighted by Crippen LogP contribution is 2.15. The standard InChI is InChI=1S/C14H22N2OS/c1-2-16-9-3-5-12(16)11-15-14(17)8-7-13-6-4-10-18-13/h4,6,10,12H,2-3,5,7-9,11H2,1H3,(H,15,17)/t12-/m1/s1. The van der Waals surface area contributed by atoms with E-state index < -0.39 is 0 Å². The lowest BCUT2D eigenvalue weighted by molar-refractivity contribution is -0.121. The molecule has 0 aromatic carbocycles. The van der Waals surface area contributed by atoms with Gasteiger partial charge < -0.3 is 5.32 Å². The predicted octanol–water partition coefficient (Wildman–Crippen LogP) is 2.28. The zero-order valence-electron chi connectivity index (χ0n) is 11.0. The fraction of sp³-hybridized carbons (Fsp3) is 0.643. The van der Waals surface area contributed by atoms with Gasteiger partial charge in [-0.1, -0.05) is 13.0 Å². The summed E-state index contributed by atoms with van der Waals surface area (Å²) in [4.78, 5) is 15.5. The van der Waals surface area contributed by atoms with Crippen molar-refractivity contribution in [2.45, 2.75) is 38.6 Å². The highest BCUT2D eigenvalue weighted by molar-refractivity contribution is 7.09. The van der Waals surface area contributed by atoms with Crippen LogP contribution in [0.4, 0.5) is 0 Å². The van der Waals surface area contributed by atoms with E-state index in [1.807, 2.05) is 6.07 Å². The molecule has 1 aliphatic rings. The lowest BCUT2D eigenvalue weighted by atomic mass is 10.2. The number of likely N-dealkylation sites (tertiary alicyclic amines) is 1. The summed E-state index contributed by atoms with van der Waals surface area (Å²) in [6.07, 6.45) is 3.97. The molecule has 1 N–H and O–H groups in total. The van der Waals surface area contributed by atoms with Gasteiger partial charge in [0, 0.05) is 23.9 Å². The molecule has 1 aliphatic heterocycles. The van der Waals surface area contributed by atoms with Gasteiger partial charge >= 0.3 is 0 Å². The fourth-order valence-corrected chi connectivity index (χ4v) is 3.26. The molecular weight excluding hydrogens is 244 g/mol. The van der Waals surface area contributed by atoms with Gasteiger partial charge in [0.25, 0.3) is 0 Å². The van der Waals surface area contributed by atoms with Gasteiger partial charge in [-0.2, -0.15) is 0 Å². The second kappa shape index (κ2) is 6.90. The molecule has 0 bridgehead atoms. The maximum absolute atomic E-state index is 11.8. The highest BCUT2D eigenvalue weighted by atomic mass is 32.1. The first-order valence-corrected chi connectivity index (χ1v) is 7.70. The molecule has 1 aromatic heterocycles. The number of amides is 1. The van der Waals surface area contributed by atoms with Crippen molar-refractivity contribution in [1.29, 1.82) is 0 Å². The first-order valence-electron chi connectivity index (χ1n) is 6.82. The van der Waals surface area contributed by atoms with E-state index in [1.165, 1.54) is 24.3 Å². The minimum absolute atomic E-state index is 0.186. The molecule has 1 amide bonds. The Hall–Kier alpha value is -0.870. The summed E-state index contributed by atoms with van der Waals surface area (Å²) in [6, 6.07) is 4.68. The number of nitrogens with one attached hydrogen (secondary N) is 1. The molecule has 1 saturated heterocycles. The van der Waals surface area contributed by atoms with E-state index in [0.29, 0.717) is 12.5 Å². The normalized spacial score (nSPS) is 20.2. The van der Waals surface area contributed by atoms with E-state index in [9.17, 15) is 4.79 Å². The Morgan fingerprint density at radius 2 is 2.50 bits per heavy atom. The average Bonchev–Trinajstić information content (AvgIpc) is 3.04. The second-order valence-electron chi connectivity index (χ2n) is 4.81. The number of carbonyl (C=O) groups is 1. The molecule has 0 radical (unpaired) electrons. The third-order valence-electron chi connectivity index (χ3n) is 3.62. The monoisotopic (exact) mass is 266 g/mol. The Morgan fingerprint density at radius 1 is 1.61 bits per heavy atom. The van der Waals surface area contributed by atoms with Crippen molar-refractivity contribution >= 4 is 17.2 Å². The van der Waals surface area contributed by atoms with Crippen molar-refractivity contribution < 1.29 is 4.79 Å². The number of hydrogen-bond donors (Lipinski definition) is 1. The molecule has 1 atom stereocenters. The highest BCUT2D eigenvalue weighted by Gasteiger charge is 2.22. The summed E-state index contributed by atoms with van der Waals surface area (Å²) >= 11 is 1.72. The summed E-state index contributed by atoms with van der Waals surface area (Å²) in [5.74, 6) is 0.186. The van der Waals surface area contributed by atoms with Gasteiger partial charge in [-0.15, -0.1) is 11.3 Å². The molecule has 0 saturated carbocycles. The van der Waals surface area contributed by atoms with Crippen LogP contribution in [-0.4, -0.2) is 36.5 Å². The molecule has 0 spiro atoms. The first-order chi connectivity index (χ1) is 8.79. The zero-order chi connectivity index (χ0) is 12.8. The van der Waals surface area contributed by atoms with Gasteiger partial charge in [-0.3, -0.25) is 9.69 Å². The number of nitrogens with zero attached hydrogens (tertiary/aromatic N) is 1. The number of rotatable bonds is 6. The van der Waals surface area contributed by atoms with Gasteiger partial charge in [-0.05, 0) is 43.8 Å². The van der Waals surface area contributed by atoms with Crippen molar-refractivity contribution in [2.24, 2.45) is 0 Å². The van der Waals surface area contributed by atoms with E-state index in [1.54, 1.807) is 11.3 Å². The summed E-state index contributed by atoms with van der Waals surface area (Å²) in [7, 11) is 0. The minimum atomic E-state index is 0.186. The van der Waals surface area contributed by atoms with Crippen molar-refractivity contribution in [1.82, 2.24) is 10.2 Å². The smallest absolute Gasteiger partial charge is 0.220 e. The van der Waals surface area contributed by atoms with Crippen molar-refractivity contribution in [3.8, 4) is 0 Å². The molecule has 1 fully saturated rings. The molecule has 18 heavy (non-hydrogen) atoms. The number of hydrogen-bond acceptors (Lipinski definition) is 3. The Morgan fingerprint density at radius 3 is 3.22 bits per heavy atom. The van der Waals surface area contributed by atoms with Gasteiger partial charge in [-0.25, -0.2) is 0 Å². The Bertz CT molecular complexity index is 364. The maximum atomic E-state index is 11.8. The van der Waals surface area contributed by atoms with Gasteiger partial charge in [0.15, 0.2) is 0 Å². The van der Waals surface area contributed by atoms with Crippen LogP contribution in [0.15, 0.2) is 17.5 Å². The number of thiophene rings is 1. The molecular formula is C14H22N2OS. The van der Waals surface area contributed by atoms with E-state index in [4.69, 9.17) is 0 Å². The van der Waals surface area contributed by atoms with E-state index in [-0.39, 0.29) is 5.91 Å². The molecule has 0 aliphatic carbocycles. The van der Waals surface area contributed by atoms with Crippen LogP contribution < -0.4 is 5.32 Å². The Kier molecular flexibility index (Phi) is 5.20. The minimum Gasteiger partial charge on any atom is -0.355 e. The summed E-state index contributed by atoms with van der Waals surface area (Å²) in [5, 5.41) is 5.14. The van der Waals surface area contributed by atoms with Crippen LogP contribution >= 0.6 is 11.3 Å². The van der Waals surface area contributed by atoms with Gasteiger partial charge in [0.2, 0.25) is 5.91 Å². The van der Waals surface area contributed by atoms with Crippen molar-refractivity contribution in [2.75, 3.05) is 19.6 Å². The zero-order valence-corrected chi connectivity index (χ0v) is 11.8. The molecule has 0 unspecified atom stereocenters. The molecule has 4 heteroatoms. The Balaban J connectivity index is 1.65. The number of likely N-dealkylation sites (N-methyl/N-ethyl adjacent to an activating group) is 1. The average molecular weight is 266 g/mol. The third-order valence-corrected chi connectivity index (χ3v) is 4.55. The van der Waals surface area contributed by atoms with Gasteiger partial charge in [0.05, 0.1) is 0 Å². The summed E-state index contributed by atoms with van der Waals surface area (Å²) < 4.78 is 0. The first kappa shape index (κ1) is 13.6. The lowest BCUT2D eigenvalue weighted by Gasteiger charge is -2.22. The van der Waals surface area contributed by atoms with Crippen LogP contribution in [-0.2, 0) is 11.2 Å². The van der Waals surface area contributed by atoms with Gasteiger partial charge in [0.1, 0.15) is 0 Å². The molecule has 1 aromatic rings. The summed E-state index contributed by atoms with van der Waals surface area (Å²) in [6.45, 7) is 5.29. The lowest BCUT2D eigenvalue weighted by Crippen LogP contribution is -2.40. The Labute approximate surface area is 113 Å². The molecule has 2 rings (SSSR count). The summed E-state index contributed by atoms with van der Waals surface area (Å²) in [5.41, 5.74) is 0. The number of carbonyl (C=O) groups excluding carboxylic acids is 1. The van der Waals surface area contributed by atoms with Crippen LogP contribution in [0.3, 0.4) is 0 Å². The van der Waals surface area contributed by atoms with Crippen LogP contribution in [0, 0.1) is 0 Å². The van der Waals surface area contributed by atoms with Crippen LogP contribution in [0.25, 0.3) is 0 Å². The fourth-order valence-electron chi connectivity index (χ4n) is 2.55. The maximum Gasteiger partial charge on any atom is 0.220 e. The second-order valence-corrected chi connectivity index (χ2v) is 5.84. The molecule has 3 nitrogen and oxygen atoms in total. The largest absolute Gasteiger partial charge is 0.355 e. The van der Waals surface area contributed by atoms with E-state index >= 15 is 0 Å². The quantitative estimate of drug-likeness (QED) is 0.857. The SMILES string of the molecule is CCN1CCC[C@@H]1CNC(=O)CCc1cccs1. The predicted molar refractivity (Wildman–Crippen MR) is 75.9 cm³/mol. The van der Waals surface area contributed by atoms with E-state index in [0.717, 1.165) is 19.5 Å². The molecule has 2 heterocycles.